The lowest BCUT2D eigenvalue weighted by Crippen LogP contribution is -2.07. The van der Waals surface area contributed by atoms with Crippen LogP contribution >= 0.6 is 11.3 Å². The lowest BCUT2D eigenvalue weighted by molar-refractivity contribution is 0.671. The molecule has 2 heterocycles. The first-order valence-corrected chi connectivity index (χ1v) is 18.1. The normalized spacial score (nSPS) is 19.2. The van der Waals surface area contributed by atoms with E-state index in [0.717, 1.165) is 59.4 Å². The van der Waals surface area contributed by atoms with Crippen LogP contribution in [0.2, 0.25) is 0 Å². The van der Waals surface area contributed by atoms with Crippen LogP contribution in [0.1, 0.15) is 47.8 Å². The van der Waals surface area contributed by atoms with Crippen molar-refractivity contribution in [1.82, 2.24) is 4.98 Å². The molecule has 0 aliphatic heterocycles. The molecule has 0 N–H and O–H groups in total. The standard InChI is InChI=1S/C45H39N3S/c1-30-20-25-42-38(26-30)43-37-18-9-10-19-39(37)48-44(45(43)49-42)36-17-11-16-35(27-36)41(47-29-31-12-5-3-6-13-31)28-40(46-2)34-23-21-33(22-24-34)32-14-7-4-8-15-32/h3-12,14-21,23,25,27-28,30-31H,2,13,22,24,26,29H2,1H3/b40-28-,47-41+. The van der Waals surface area contributed by atoms with Crippen molar-refractivity contribution in [3.63, 3.8) is 0 Å². The summed E-state index contributed by atoms with van der Waals surface area (Å²) in [4.78, 5) is 16.5. The Morgan fingerprint density at radius 3 is 2.61 bits per heavy atom. The maximum Gasteiger partial charge on any atom is 0.0888 e. The molecule has 3 aliphatic carbocycles. The van der Waals surface area contributed by atoms with E-state index in [0.29, 0.717) is 18.4 Å². The minimum absolute atomic E-state index is 0.372. The van der Waals surface area contributed by atoms with Crippen LogP contribution in [0.15, 0.2) is 149 Å². The van der Waals surface area contributed by atoms with Crippen molar-refractivity contribution in [2.24, 2.45) is 21.8 Å². The number of aliphatic imine (C=N–C) groups is 2. The van der Waals surface area contributed by atoms with Gasteiger partial charge in [-0.3, -0.25) is 9.98 Å². The molecule has 2 unspecified atom stereocenters. The van der Waals surface area contributed by atoms with Gasteiger partial charge < -0.3 is 0 Å². The Bertz CT molecular complexity index is 2290. The van der Waals surface area contributed by atoms with E-state index in [-0.39, 0.29) is 0 Å². The minimum Gasteiger partial charge on any atom is -0.284 e. The van der Waals surface area contributed by atoms with Gasteiger partial charge in [-0.2, -0.15) is 0 Å². The van der Waals surface area contributed by atoms with Crippen molar-refractivity contribution in [3.05, 3.63) is 160 Å². The smallest absolute Gasteiger partial charge is 0.0888 e. The SMILES string of the molecule is C=N/C(=C\C(=N/CC1C=CC=CC1)c1cccc(-c2nc3ccccc3c3c4c(sc23)C=CC(C)C4)c1)C1=CC=C(c2ccccc2)CC1. The second-order valence-corrected chi connectivity index (χ2v) is 14.3. The van der Waals surface area contributed by atoms with Crippen molar-refractivity contribution in [1.29, 1.82) is 0 Å². The summed E-state index contributed by atoms with van der Waals surface area (Å²) in [6.07, 6.45) is 23.9. The van der Waals surface area contributed by atoms with Gasteiger partial charge >= 0.3 is 0 Å². The van der Waals surface area contributed by atoms with Gasteiger partial charge in [0.2, 0.25) is 0 Å². The van der Waals surface area contributed by atoms with E-state index in [1.165, 1.54) is 42.6 Å². The zero-order valence-corrected chi connectivity index (χ0v) is 28.7. The topological polar surface area (TPSA) is 37.6 Å². The third kappa shape index (κ3) is 6.37. The van der Waals surface area contributed by atoms with Crippen LogP contribution in [0.5, 0.6) is 0 Å². The molecule has 3 aromatic carbocycles. The number of nitrogens with zero attached hydrogens (tertiary/aromatic N) is 3. The largest absolute Gasteiger partial charge is 0.284 e. The Labute approximate surface area is 292 Å². The van der Waals surface area contributed by atoms with E-state index < -0.39 is 0 Å². The predicted octanol–water partition coefficient (Wildman–Crippen LogP) is 11.6. The Kier molecular flexibility index (Phi) is 8.72. The average Bonchev–Trinajstić information content (AvgIpc) is 3.54. The molecule has 2 atom stereocenters. The molecule has 8 rings (SSSR count). The second kappa shape index (κ2) is 13.7. The van der Waals surface area contributed by atoms with Crippen LogP contribution < -0.4 is 0 Å². The molecule has 0 spiro atoms. The van der Waals surface area contributed by atoms with Crippen LogP contribution in [0.4, 0.5) is 0 Å². The van der Waals surface area contributed by atoms with Crippen LogP contribution in [-0.4, -0.2) is 24.0 Å². The van der Waals surface area contributed by atoms with Gasteiger partial charge in [-0.25, -0.2) is 4.98 Å². The summed E-state index contributed by atoms with van der Waals surface area (Å²) in [5.74, 6) is 0.896. The Hall–Kier alpha value is -5.19. The van der Waals surface area contributed by atoms with E-state index in [4.69, 9.17) is 9.98 Å². The quantitative estimate of drug-likeness (QED) is 0.154. The molecule has 0 amide bonds. The van der Waals surface area contributed by atoms with Gasteiger partial charge in [0.25, 0.3) is 0 Å². The first-order valence-electron chi connectivity index (χ1n) is 17.3. The minimum atomic E-state index is 0.372. The van der Waals surface area contributed by atoms with Crippen LogP contribution in [0, 0.1) is 11.8 Å². The summed E-state index contributed by atoms with van der Waals surface area (Å²) in [7, 11) is 0. The fourth-order valence-corrected chi connectivity index (χ4v) is 8.47. The molecule has 4 heteroatoms. The van der Waals surface area contributed by atoms with E-state index in [2.05, 4.69) is 152 Å². The molecule has 0 saturated heterocycles. The molecule has 2 aromatic heterocycles. The highest BCUT2D eigenvalue weighted by atomic mass is 32.1. The van der Waals surface area contributed by atoms with Crippen LogP contribution in [0.25, 0.3) is 43.9 Å². The summed E-state index contributed by atoms with van der Waals surface area (Å²) in [5.41, 5.74) is 11.3. The molecular formula is C45H39N3S. The number of hydrogen-bond donors (Lipinski definition) is 0. The zero-order valence-electron chi connectivity index (χ0n) is 27.8. The molecule has 3 aliphatic rings. The molecule has 3 nitrogen and oxygen atoms in total. The van der Waals surface area contributed by atoms with E-state index in [1.807, 2.05) is 11.3 Å². The van der Waals surface area contributed by atoms with E-state index in [9.17, 15) is 0 Å². The maximum absolute atomic E-state index is 5.31. The average molecular weight is 654 g/mol. The fourth-order valence-electron chi connectivity index (χ4n) is 7.20. The van der Waals surface area contributed by atoms with Gasteiger partial charge in [-0.15, -0.1) is 11.3 Å². The molecule has 0 saturated carbocycles. The third-order valence-electron chi connectivity index (χ3n) is 9.83. The van der Waals surface area contributed by atoms with Crippen molar-refractivity contribution >= 4 is 56.4 Å². The number of aromatic nitrogens is 1. The number of rotatable bonds is 8. The van der Waals surface area contributed by atoms with Gasteiger partial charge in [-0.05, 0) is 84.9 Å². The molecule has 0 radical (unpaired) electrons. The Morgan fingerprint density at radius 2 is 1.80 bits per heavy atom. The number of allylic oxidation sites excluding steroid dienone is 9. The Morgan fingerprint density at radius 1 is 0.939 bits per heavy atom. The van der Waals surface area contributed by atoms with Crippen LogP contribution in [-0.2, 0) is 6.42 Å². The molecule has 0 bridgehead atoms. The first-order chi connectivity index (χ1) is 24.1. The van der Waals surface area contributed by atoms with Crippen molar-refractivity contribution < 1.29 is 0 Å². The summed E-state index contributed by atoms with van der Waals surface area (Å²) >= 11 is 1.87. The van der Waals surface area contributed by atoms with Gasteiger partial charge in [0.1, 0.15) is 0 Å². The zero-order chi connectivity index (χ0) is 33.2. The number of pyridine rings is 1. The second-order valence-electron chi connectivity index (χ2n) is 13.2. The number of benzene rings is 3. The molecule has 5 aromatic rings. The highest BCUT2D eigenvalue weighted by Gasteiger charge is 2.22. The molecular weight excluding hydrogens is 615 g/mol. The summed E-state index contributed by atoms with van der Waals surface area (Å²) in [5, 5.41) is 2.60. The summed E-state index contributed by atoms with van der Waals surface area (Å²) in [6.45, 7) is 7.02. The van der Waals surface area contributed by atoms with Gasteiger partial charge in [0.05, 0.1) is 27.3 Å². The lowest BCUT2D eigenvalue weighted by Gasteiger charge is -2.16. The van der Waals surface area contributed by atoms with Gasteiger partial charge in [-0.1, -0.05) is 116 Å². The lowest BCUT2D eigenvalue weighted by atomic mass is 9.91. The summed E-state index contributed by atoms with van der Waals surface area (Å²) < 4.78 is 1.26. The van der Waals surface area contributed by atoms with E-state index >= 15 is 0 Å². The van der Waals surface area contributed by atoms with Crippen molar-refractivity contribution in [2.75, 3.05) is 6.54 Å². The number of hydrogen-bond acceptors (Lipinski definition) is 4. The predicted molar refractivity (Wildman–Crippen MR) is 212 cm³/mol. The number of para-hydroxylation sites is 1. The number of fused-ring (bicyclic) bond motifs is 5. The highest BCUT2D eigenvalue weighted by Crippen LogP contribution is 2.44. The molecule has 49 heavy (non-hydrogen) atoms. The van der Waals surface area contributed by atoms with Crippen molar-refractivity contribution in [3.8, 4) is 11.3 Å². The Balaban J connectivity index is 1.22. The fraction of sp³-hybridized carbons (Fsp3) is 0.178. The molecule has 0 fully saturated rings. The highest BCUT2D eigenvalue weighted by molar-refractivity contribution is 7.20. The van der Waals surface area contributed by atoms with E-state index in [1.54, 1.807) is 0 Å². The van der Waals surface area contributed by atoms with Gasteiger partial charge in [0.15, 0.2) is 0 Å². The third-order valence-corrected chi connectivity index (χ3v) is 11.0. The van der Waals surface area contributed by atoms with Gasteiger partial charge in [0, 0.05) is 39.2 Å². The maximum atomic E-state index is 5.31. The first kappa shape index (κ1) is 31.1. The molecule has 240 valence electrons. The summed E-state index contributed by atoms with van der Waals surface area (Å²) in [6, 6.07) is 28.0. The van der Waals surface area contributed by atoms with Crippen molar-refractivity contribution in [2.45, 2.75) is 32.6 Å². The number of thiophene rings is 1. The van der Waals surface area contributed by atoms with Crippen LogP contribution in [0.3, 0.4) is 0 Å². The monoisotopic (exact) mass is 653 g/mol.